The Hall–Kier alpha value is -3.89. The summed E-state index contributed by atoms with van der Waals surface area (Å²) in [5.74, 6) is -0.154. The van der Waals surface area contributed by atoms with Crippen LogP contribution in [0, 0.1) is 4.77 Å². The van der Waals surface area contributed by atoms with Crippen LogP contribution in [0.1, 0.15) is 6.42 Å². The van der Waals surface area contributed by atoms with E-state index in [-0.39, 0.29) is 28.6 Å². The first-order valence-corrected chi connectivity index (χ1v) is 8.95. The van der Waals surface area contributed by atoms with Gasteiger partial charge in [0.05, 0.1) is 5.69 Å². The number of anilines is 4. The van der Waals surface area contributed by atoms with E-state index in [9.17, 15) is 4.79 Å². The summed E-state index contributed by atoms with van der Waals surface area (Å²) < 4.78 is 1.77. The number of aromatic nitrogens is 7. The highest BCUT2D eigenvalue weighted by molar-refractivity contribution is 7.71. The molecule has 0 saturated carbocycles. The second kappa shape index (κ2) is 10.0. The maximum absolute atomic E-state index is 12.1. The van der Waals surface area contributed by atoms with E-state index in [0.717, 1.165) is 0 Å². The van der Waals surface area contributed by atoms with Gasteiger partial charge in [0, 0.05) is 18.8 Å². The first-order chi connectivity index (χ1) is 14.6. The molecule has 0 bridgehead atoms. The molecule has 1 aromatic carbocycles. The molecule has 0 fully saturated rings. The molecule has 3 rings (SSSR count). The number of hydrogen-bond acceptors (Lipinski definition) is 12. The van der Waals surface area contributed by atoms with Gasteiger partial charge in [-0.15, -0.1) is 0 Å². The summed E-state index contributed by atoms with van der Waals surface area (Å²) in [4.78, 5) is 23.4. The summed E-state index contributed by atoms with van der Waals surface area (Å²) in [7, 11) is 0. The number of carbonyl (C=O) groups is 1. The summed E-state index contributed by atoms with van der Waals surface area (Å²) in [5.41, 5.74) is 4.77. The molecule has 0 unspecified atom stereocenters. The third kappa shape index (κ3) is 5.56. The van der Waals surface area contributed by atoms with E-state index >= 15 is 0 Å². The molecule has 2 heterocycles. The Morgan fingerprint density at radius 3 is 2.50 bits per heavy atom. The Balaban J connectivity index is 1.44. The van der Waals surface area contributed by atoms with Crippen LogP contribution in [-0.2, 0) is 0 Å². The summed E-state index contributed by atoms with van der Waals surface area (Å²) in [6.07, 6.45) is 0.553. The van der Waals surface area contributed by atoms with Crippen molar-refractivity contribution in [2.75, 3.05) is 34.7 Å². The predicted octanol–water partition coefficient (Wildman–Crippen LogP) is 0.736. The number of urea groups is 1. The van der Waals surface area contributed by atoms with Crippen molar-refractivity contribution in [1.29, 1.82) is 0 Å². The van der Waals surface area contributed by atoms with Crippen molar-refractivity contribution in [2.45, 2.75) is 6.42 Å². The lowest BCUT2D eigenvalue weighted by atomic mass is 10.3. The number of H-pyrrole nitrogens is 1. The molecule has 2 amide bonds. The Morgan fingerprint density at radius 1 is 1.10 bits per heavy atom. The maximum atomic E-state index is 12.1. The fourth-order valence-electron chi connectivity index (χ4n) is 2.31. The standard InChI is InChI=1S/C14H18N12O3S/c27-13(17-8-3-1-4-9(7-8)26-14(30)21-24-25-26)16-6-2-5-15-10-18-11(22-28)20-12(19-10)23-29/h1,3-4,7,28-29H,2,5-6H2,(H2,16,17,27)(H,21,25,30)(H3,15,18,19,20,22,23). The van der Waals surface area contributed by atoms with Crippen molar-refractivity contribution in [1.82, 2.24) is 40.5 Å². The lowest BCUT2D eigenvalue weighted by Gasteiger charge is -2.10. The van der Waals surface area contributed by atoms with Crippen molar-refractivity contribution in [3.63, 3.8) is 0 Å². The first-order valence-electron chi connectivity index (χ1n) is 8.54. The molecule has 0 aliphatic heterocycles. The molecule has 3 aromatic rings. The number of nitrogens with one attached hydrogen (secondary N) is 6. The van der Waals surface area contributed by atoms with Gasteiger partial charge in [0.25, 0.3) is 11.9 Å². The molecule has 16 heteroatoms. The monoisotopic (exact) mass is 434 g/mol. The number of benzene rings is 1. The Labute approximate surface area is 173 Å². The SMILES string of the molecule is O=C(NCCCNc1nc(NO)nc(NO)n1)Nc1cccc(-n2[nH]nnc2=S)c1. The zero-order valence-electron chi connectivity index (χ0n) is 15.3. The van der Waals surface area contributed by atoms with Gasteiger partial charge in [0.15, 0.2) is 0 Å². The van der Waals surface area contributed by atoms with Crippen molar-refractivity contribution in [3.8, 4) is 5.69 Å². The number of amides is 2. The van der Waals surface area contributed by atoms with Crippen LogP contribution in [0.2, 0.25) is 0 Å². The van der Waals surface area contributed by atoms with Gasteiger partial charge in [-0.2, -0.15) is 20.2 Å². The van der Waals surface area contributed by atoms with Crippen LogP contribution in [-0.4, -0.2) is 64.7 Å². The fourth-order valence-corrected chi connectivity index (χ4v) is 2.50. The second-order valence-electron chi connectivity index (χ2n) is 5.66. The normalized spacial score (nSPS) is 10.3. The third-order valence-corrected chi connectivity index (χ3v) is 3.86. The van der Waals surface area contributed by atoms with Gasteiger partial charge in [-0.05, 0) is 36.8 Å². The van der Waals surface area contributed by atoms with Crippen LogP contribution in [0.3, 0.4) is 0 Å². The van der Waals surface area contributed by atoms with Crippen molar-refractivity contribution in [3.05, 3.63) is 29.0 Å². The molecular formula is C14H18N12O3S. The van der Waals surface area contributed by atoms with E-state index in [1.807, 2.05) is 0 Å². The van der Waals surface area contributed by atoms with Gasteiger partial charge in [0.1, 0.15) is 0 Å². The first kappa shape index (κ1) is 20.8. The maximum Gasteiger partial charge on any atom is 0.319 e. The molecule has 158 valence electrons. The third-order valence-electron chi connectivity index (χ3n) is 3.59. The molecule has 0 spiro atoms. The smallest absolute Gasteiger partial charge is 0.319 e. The van der Waals surface area contributed by atoms with Crippen LogP contribution in [0.4, 0.5) is 28.3 Å². The van der Waals surface area contributed by atoms with Crippen LogP contribution in [0.5, 0.6) is 0 Å². The molecule has 0 saturated heterocycles. The fraction of sp³-hybridized carbons (Fsp3) is 0.214. The van der Waals surface area contributed by atoms with Crippen molar-refractivity contribution in [2.24, 2.45) is 0 Å². The highest BCUT2D eigenvalue weighted by Gasteiger charge is 2.06. The van der Waals surface area contributed by atoms with Gasteiger partial charge in [-0.1, -0.05) is 16.4 Å². The van der Waals surface area contributed by atoms with Gasteiger partial charge in [-0.3, -0.25) is 10.4 Å². The van der Waals surface area contributed by atoms with E-state index < -0.39 is 0 Å². The van der Waals surface area contributed by atoms with Gasteiger partial charge in [0.2, 0.25) is 10.7 Å². The number of tetrazole rings is 1. The topological polar surface area (TPSA) is 203 Å². The summed E-state index contributed by atoms with van der Waals surface area (Å²) >= 11 is 5.05. The van der Waals surface area contributed by atoms with Crippen molar-refractivity contribution >= 4 is 41.8 Å². The molecule has 0 atom stereocenters. The summed E-state index contributed by atoms with van der Waals surface area (Å²) in [6.45, 7) is 0.788. The quantitative estimate of drug-likeness (QED) is 0.133. The zero-order valence-corrected chi connectivity index (χ0v) is 16.1. The molecule has 15 nitrogen and oxygen atoms in total. The summed E-state index contributed by atoms with van der Waals surface area (Å²) in [5, 5.41) is 36.0. The largest absolute Gasteiger partial charge is 0.354 e. The second-order valence-corrected chi connectivity index (χ2v) is 6.02. The lowest BCUT2D eigenvalue weighted by molar-refractivity contribution is 0.252. The minimum atomic E-state index is -0.378. The van der Waals surface area contributed by atoms with Crippen LogP contribution < -0.4 is 26.9 Å². The Bertz CT molecular complexity index is 1030. The molecule has 8 N–H and O–H groups in total. The zero-order chi connectivity index (χ0) is 21.3. The minimum Gasteiger partial charge on any atom is -0.354 e. The van der Waals surface area contributed by atoms with Crippen LogP contribution in [0.15, 0.2) is 24.3 Å². The van der Waals surface area contributed by atoms with E-state index in [2.05, 4.69) is 46.4 Å². The van der Waals surface area contributed by atoms with Crippen molar-refractivity contribution < 1.29 is 15.2 Å². The van der Waals surface area contributed by atoms with E-state index in [1.165, 1.54) is 4.68 Å². The highest BCUT2D eigenvalue weighted by Crippen LogP contribution is 2.13. The molecular weight excluding hydrogens is 416 g/mol. The Kier molecular flexibility index (Phi) is 6.98. The molecule has 0 aliphatic carbocycles. The average molecular weight is 434 g/mol. The van der Waals surface area contributed by atoms with E-state index in [4.69, 9.17) is 22.6 Å². The molecule has 0 aliphatic rings. The number of hydrogen-bond donors (Lipinski definition) is 8. The van der Waals surface area contributed by atoms with Gasteiger partial charge < -0.3 is 16.0 Å². The average Bonchev–Trinajstić information content (AvgIpc) is 3.19. The molecule has 0 radical (unpaired) electrons. The Morgan fingerprint density at radius 2 is 1.83 bits per heavy atom. The van der Waals surface area contributed by atoms with Crippen LogP contribution >= 0.6 is 12.2 Å². The predicted molar refractivity (Wildman–Crippen MR) is 107 cm³/mol. The van der Waals surface area contributed by atoms with E-state index in [0.29, 0.717) is 30.9 Å². The number of aromatic amines is 1. The van der Waals surface area contributed by atoms with Crippen LogP contribution in [0.25, 0.3) is 5.69 Å². The summed E-state index contributed by atoms with van der Waals surface area (Å²) in [6, 6.07) is 6.63. The molecule has 2 aromatic heterocycles. The van der Waals surface area contributed by atoms with Gasteiger partial charge in [-0.25, -0.2) is 20.4 Å². The van der Waals surface area contributed by atoms with Gasteiger partial charge >= 0.3 is 6.03 Å². The number of rotatable bonds is 9. The lowest BCUT2D eigenvalue weighted by Crippen LogP contribution is -2.30. The molecule has 30 heavy (non-hydrogen) atoms. The minimum absolute atomic E-state index is 0.131. The highest BCUT2D eigenvalue weighted by atomic mass is 32.1. The number of carbonyl (C=O) groups excluding carboxylic acids is 1. The number of nitrogens with zero attached hydrogens (tertiary/aromatic N) is 6. The van der Waals surface area contributed by atoms with E-state index in [1.54, 1.807) is 35.2 Å².